The third kappa shape index (κ3) is 2.90. The van der Waals surface area contributed by atoms with Crippen molar-refractivity contribution in [2.24, 2.45) is 0 Å². The van der Waals surface area contributed by atoms with Gasteiger partial charge in [-0.3, -0.25) is 10.1 Å². The third-order valence-electron chi connectivity index (χ3n) is 4.97. The molecule has 3 amide bonds. The summed E-state index contributed by atoms with van der Waals surface area (Å²) in [5.41, 5.74) is 2.17. The van der Waals surface area contributed by atoms with Gasteiger partial charge >= 0.3 is 6.03 Å². The van der Waals surface area contributed by atoms with E-state index in [1.165, 1.54) is 0 Å². The number of ether oxygens (including phenoxy) is 1. The van der Waals surface area contributed by atoms with Crippen molar-refractivity contribution in [3.8, 4) is 0 Å². The quantitative estimate of drug-likeness (QED) is 0.889. The second-order valence-electron chi connectivity index (χ2n) is 6.46. The zero-order valence-corrected chi connectivity index (χ0v) is 14.4. The average Bonchev–Trinajstić information content (AvgIpc) is 2.95. The lowest BCUT2D eigenvalue weighted by Crippen LogP contribution is -2.38. The predicted molar refractivity (Wildman–Crippen MR) is 97.1 cm³/mol. The van der Waals surface area contributed by atoms with E-state index in [0.717, 1.165) is 18.4 Å². The lowest BCUT2D eigenvalue weighted by molar-refractivity contribution is 0.0172. The Hall–Kier alpha value is -2.93. The molecule has 1 aromatic heterocycles. The molecular weight excluding hydrogens is 332 g/mol. The summed E-state index contributed by atoms with van der Waals surface area (Å²) < 4.78 is 5.50. The van der Waals surface area contributed by atoms with Crippen LogP contribution in [0.5, 0.6) is 0 Å². The number of carbonyl (C=O) groups excluding carboxylic acids is 2. The molecule has 3 heterocycles. The first kappa shape index (κ1) is 16.5. The summed E-state index contributed by atoms with van der Waals surface area (Å²) in [7, 11) is 1.70. The van der Waals surface area contributed by atoms with E-state index in [-0.39, 0.29) is 24.1 Å². The molecule has 0 bridgehead atoms. The van der Waals surface area contributed by atoms with Crippen LogP contribution in [-0.4, -0.2) is 41.6 Å². The third-order valence-corrected chi connectivity index (χ3v) is 4.97. The fraction of sp³-hybridized carbons (Fsp3) is 0.316. The number of carbonyl (C=O) groups is 2. The van der Waals surface area contributed by atoms with E-state index in [1.807, 2.05) is 17.0 Å². The summed E-state index contributed by atoms with van der Waals surface area (Å²) in [5.74, 6) is 0.487. The number of fused-ring (bicyclic) bond motifs is 3. The fourth-order valence-electron chi connectivity index (χ4n) is 3.74. The Morgan fingerprint density at radius 3 is 2.88 bits per heavy atom. The summed E-state index contributed by atoms with van der Waals surface area (Å²) in [4.78, 5) is 31.0. The van der Waals surface area contributed by atoms with Gasteiger partial charge in [-0.1, -0.05) is 12.1 Å². The number of nitrogens with zero attached hydrogens (tertiary/aromatic N) is 2. The monoisotopic (exact) mass is 352 g/mol. The molecule has 4 rings (SSSR count). The Bertz CT molecular complexity index is 840. The highest BCUT2D eigenvalue weighted by Gasteiger charge is 2.42. The second-order valence-corrected chi connectivity index (χ2v) is 6.46. The summed E-state index contributed by atoms with van der Waals surface area (Å²) in [6.45, 7) is 0.663. The Morgan fingerprint density at radius 1 is 1.23 bits per heavy atom. The summed E-state index contributed by atoms with van der Waals surface area (Å²) in [6, 6.07) is 10.3. The standard InChI is InChI=1S/C19H20N4O3/c1-26-12-8-10-23-15(11-12)17-13(18(23)24)5-4-6-14(17)21-19(25)22-16-7-2-3-9-20-16/h2-7,9,12,15H,8,10-11H2,1H3,(H2,20,21,22,25)/t12-,15+/m1/s1. The number of amides is 3. The number of urea groups is 1. The molecule has 134 valence electrons. The number of rotatable bonds is 3. The Labute approximate surface area is 151 Å². The molecule has 0 radical (unpaired) electrons. The van der Waals surface area contributed by atoms with Crippen molar-refractivity contribution < 1.29 is 14.3 Å². The number of methoxy groups -OCH3 is 1. The molecule has 0 saturated carbocycles. The maximum atomic E-state index is 12.7. The van der Waals surface area contributed by atoms with Crippen LogP contribution >= 0.6 is 0 Å². The van der Waals surface area contributed by atoms with Crippen LogP contribution in [0.25, 0.3) is 0 Å². The number of aromatic nitrogens is 1. The molecule has 1 saturated heterocycles. The minimum atomic E-state index is -0.387. The molecule has 2 atom stereocenters. The maximum Gasteiger partial charge on any atom is 0.324 e. The topological polar surface area (TPSA) is 83.6 Å². The lowest BCUT2D eigenvalue weighted by Gasteiger charge is -2.34. The molecule has 2 aliphatic rings. The van der Waals surface area contributed by atoms with Gasteiger partial charge in [-0.2, -0.15) is 0 Å². The summed E-state index contributed by atoms with van der Waals surface area (Å²) in [6.07, 6.45) is 3.29. The zero-order valence-electron chi connectivity index (χ0n) is 14.4. The highest BCUT2D eigenvalue weighted by Crippen LogP contribution is 2.44. The first-order valence-corrected chi connectivity index (χ1v) is 8.63. The van der Waals surface area contributed by atoms with Gasteiger partial charge in [0.2, 0.25) is 0 Å². The van der Waals surface area contributed by atoms with Gasteiger partial charge in [0, 0.05) is 36.7 Å². The lowest BCUT2D eigenvalue weighted by atomic mass is 9.94. The van der Waals surface area contributed by atoms with Crippen LogP contribution < -0.4 is 10.6 Å². The van der Waals surface area contributed by atoms with Gasteiger partial charge in [0.25, 0.3) is 5.91 Å². The van der Waals surface area contributed by atoms with E-state index in [1.54, 1.807) is 37.6 Å². The van der Waals surface area contributed by atoms with Crippen molar-refractivity contribution in [1.82, 2.24) is 9.88 Å². The van der Waals surface area contributed by atoms with Crippen molar-refractivity contribution in [2.75, 3.05) is 24.3 Å². The number of nitrogens with one attached hydrogen (secondary N) is 2. The van der Waals surface area contributed by atoms with Gasteiger partial charge in [-0.15, -0.1) is 0 Å². The van der Waals surface area contributed by atoms with E-state index < -0.39 is 0 Å². The summed E-state index contributed by atoms with van der Waals surface area (Å²) in [5, 5.41) is 5.57. The van der Waals surface area contributed by atoms with E-state index in [9.17, 15) is 9.59 Å². The number of pyridine rings is 1. The SMILES string of the molecule is CO[C@@H]1CCN2C(=O)c3cccc(NC(=O)Nc4ccccn4)c3[C@@H]2C1. The van der Waals surface area contributed by atoms with Gasteiger partial charge in [0.1, 0.15) is 5.82 Å². The molecule has 2 aromatic rings. The molecule has 7 heteroatoms. The van der Waals surface area contributed by atoms with Crippen LogP contribution in [0.15, 0.2) is 42.6 Å². The van der Waals surface area contributed by atoms with E-state index >= 15 is 0 Å². The predicted octanol–water partition coefficient (Wildman–Crippen LogP) is 3.03. The van der Waals surface area contributed by atoms with Crippen molar-refractivity contribution >= 4 is 23.4 Å². The maximum absolute atomic E-state index is 12.7. The molecule has 26 heavy (non-hydrogen) atoms. The molecule has 1 aromatic carbocycles. The van der Waals surface area contributed by atoms with Gasteiger partial charge in [0.05, 0.1) is 12.1 Å². The molecule has 2 aliphatic heterocycles. The first-order chi connectivity index (χ1) is 12.7. The van der Waals surface area contributed by atoms with Crippen LogP contribution in [0.4, 0.5) is 16.3 Å². The molecule has 0 spiro atoms. The zero-order chi connectivity index (χ0) is 18.1. The number of piperidine rings is 1. The Balaban J connectivity index is 1.59. The van der Waals surface area contributed by atoms with Crippen LogP contribution in [-0.2, 0) is 4.74 Å². The van der Waals surface area contributed by atoms with Crippen LogP contribution in [0.1, 0.15) is 34.8 Å². The normalized spacial score (nSPS) is 21.1. The van der Waals surface area contributed by atoms with Gasteiger partial charge in [-0.05, 0) is 37.1 Å². The fourth-order valence-corrected chi connectivity index (χ4v) is 3.74. The first-order valence-electron chi connectivity index (χ1n) is 8.63. The van der Waals surface area contributed by atoms with E-state index in [2.05, 4.69) is 15.6 Å². The van der Waals surface area contributed by atoms with Gasteiger partial charge in [0.15, 0.2) is 0 Å². The number of benzene rings is 1. The molecule has 0 unspecified atom stereocenters. The number of hydrogen-bond donors (Lipinski definition) is 2. The van der Waals surface area contributed by atoms with Gasteiger partial charge in [-0.25, -0.2) is 9.78 Å². The average molecular weight is 352 g/mol. The highest BCUT2D eigenvalue weighted by atomic mass is 16.5. The second kappa shape index (κ2) is 6.76. The number of anilines is 2. The highest BCUT2D eigenvalue weighted by molar-refractivity contribution is 6.04. The van der Waals surface area contributed by atoms with E-state index in [0.29, 0.717) is 23.6 Å². The van der Waals surface area contributed by atoms with E-state index in [4.69, 9.17) is 4.74 Å². The van der Waals surface area contributed by atoms with Crippen molar-refractivity contribution in [3.63, 3.8) is 0 Å². The Kier molecular flexibility index (Phi) is 4.30. The van der Waals surface area contributed by atoms with Crippen molar-refractivity contribution in [1.29, 1.82) is 0 Å². The van der Waals surface area contributed by atoms with Gasteiger partial charge < -0.3 is 15.0 Å². The van der Waals surface area contributed by atoms with Crippen LogP contribution in [0.2, 0.25) is 0 Å². The molecule has 0 aliphatic carbocycles. The number of hydrogen-bond acceptors (Lipinski definition) is 4. The van der Waals surface area contributed by atoms with Crippen LogP contribution in [0, 0.1) is 0 Å². The smallest absolute Gasteiger partial charge is 0.324 e. The largest absolute Gasteiger partial charge is 0.381 e. The molecule has 1 fully saturated rings. The molecular formula is C19H20N4O3. The summed E-state index contributed by atoms with van der Waals surface area (Å²) >= 11 is 0. The molecule has 7 nitrogen and oxygen atoms in total. The Morgan fingerprint density at radius 2 is 2.12 bits per heavy atom. The molecule has 2 N–H and O–H groups in total. The van der Waals surface area contributed by atoms with Crippen molar-refractivity contribution in [2.45, 2.75) is 25.0 Å². The van der Waals surface area contributed by atoms with Crippen LogP contribution in [0.3, 0.4) is 0 Å². The van der Waals surface area contributed by atoms with Crippen molar-refractivity contribution in [3.05, 3.63) is 53.7 Å². The minimum absolute atomic E-state index is 0.0216. The minimum Gasteiger partial charge on any atom is -0.381 e.